The Balaban J connectivity index is 1.65. The highest BCUT2D eigenvalue weighted by molar-refractivity contribution is 5.85. The molecule has 5 heteroatoms. The average Bonchev–Trinajstić information content (AvgIpc) is 3.07. The van der Waals surface area contributed by atoms with Crippen molar-refractivity contribution in [3.05, 3.63) is 48.2 Å². The minimum absolute atomic E-state index is 0.190. The van der Waals surface area contributed by atoms with Crippen LogP contribution in [-0.4, -0.2) is 29.4 Å². The van der Waals surface area contributed by atoms with Crippen LogP contribution in [-0.2, 0) is 16.0 Å². The van der Waals surface area contributed by atoms with Crippen LogP contribution in [0.2, 0.25) is 0 Å². The molecule has 1 fully saturated rings. The summed E-state index contributed by atoms with van der Waals surface area (Å²) in [6.07, 6.45) is 10.4. The van der Waals surface area contributed by atoms with Gasteiger partial charge >= 0.3 is 5.97 Å². The molecule has 0 aliphatic heterocycles. The molecule has 1 aromatic heterocycles. The molecule has 0 amide bonds. The van der Waals surface area contributed by atoms with Crippen molar-refractivity contribution in [3.63, 3.8) is 0 Å². The number of hydrogen-bond acceptors (Lipinski definition) is 4. The van der Waals surface area contributed by atoms with Crippen molar-refractivity contribution in [1.29, 1.82) is 0 Å². The van der Waals surface area contributed by atoms with Gasteiger partial charge in [-0.1, -0.05) is 25.0 Å². The molecule has 152 valence electrons. The summed E-state index contributed by atoms with van der Waals surface area (Å²) in [5, 5.41) is 8.21. The topological polar surface area (TPSA) is 64.2 Å². The Morgan fingerprint density at radius 2 is 1.93 bits per heavy atom. The van der Waals surface area contributed by atoms with E-state index in [-0.39, 0.29) is 12.1 Å². The van der Waals surface area contributed by atoms with Gasteiger partial charge in [0.25, 0.3) is 0 Å². The van der Waals surface area contributed by atoms with Gasteiger partial charge in [-0.2, -0.15) is 5.10 Å². The van der Waals surface area contributed by atoms with E-state index in [9.17, 15) is 4.79 Å². The Bertz CT molecular complexity index is 971. The number of nitrogens with one attached hydrogen (secondary N) is 1. The third kappa shape index (κ3) is 4.78. The van der Waals surface area contributed by atoms with Gasteiger partial charge in [-0.05, 0) is 67.5 Å². The van der Waals surface area contributed by atoms with Crippen LogP contribution in [0.4, 0.5) is 0 Å². The predicted octanol–water partition coefficient (Wildman–Crippen LogP) is 5.44. The molecule has 2 aromatic carbocycles. The lowest BCUT2D eigenvalue weighted by molar-refractivity contribution is -0.140. The summed E-state index contributed by atoms with van der Waals surface area (Å²) >= 11 is 0. The van der Waals surface area contributed by atoms with Crippen LogP contribution in [0.5, 0.6) is 5.75 Å². The first-order valence-electron chi connectivity index (χ1n) is 10.5. The third-order valence-electron chi connectivity index (χ3n) is 5.74. The fraction of sp³-hybridized carbons (Fsp3) is 0.417. The molecule has 0 bridgehead atoms. The molecule has 0 saturated heterocycles. The predicted molar refractivity (Wildman–Crippen MR) is 114 cm³/mol. The third-order valence-corrected chi connectivity index (χ3v) is 5.74. The molecule has 0 unspecified atom stereocenters. The van der Waals surface area contributed by atoms with Crippen LogP contribution < -0.4 is 4.74 Å². The number of carbonyl (C=O) groups is 1. The number of aromatic nitrogens is 2. The number of aromatic amines is 1. The first-order chi connectivity index (χ1) is 14.2. The fourth-order valence-electron chi connectivity index (χ4n) is 4.06. The number of esters is 1. The van der Waals surface area contributed by atoms with Crippen LogP contribution in [0.3, 0.4) is 0 Å². The Hall–Kier alpha value is -2.82. The smallest absolute Gasteiger partial charge is 0.305 e. The van der Waals surface area contributed by atoms with Crippen molar-refractivity contribution in [2.24, 2.45) is 0 Å². The molecular formula is C24H28N2O3. The Morgan fingerprint density at radius 1 is 1.10 bits per heavy atom. The maximum Gasteiger partial charge on any atom is 0.305 e. The molecule has 0 radical (unpaired) electrons. The molecule has 0 spiro atoms. The highest BCUT2D eigenvalue weighted by Crippen LogP contribution is 2.35. The summed E-state index contributed by atoms with van der Waals surface area (Å²) < 4.78 is 11.3. The van der Waals surface area contributed by atoms with Gasteiger partial charge < -0.3 is 9.47 Å². The summed E-state index contributed by atoms with van der Waals surface area (Å²) in [5.41, 5.74) is 4.29. The number of benzene rings is 2. The van der Waals surface area contributed by atoms with E-state index < -0.39 is 0 Å². The lowest BCUT2D eigenvalue weighted by atomic mass is 9.98. The monoisotopic (exact) mass is 392 g/mol. The Morgan fingerprint density at radius 3 is 2.72 bits per heavy atom. The maximum atomic E-state index is 11.6. The van der Waals surface area contributed by atoms with Crippen LogP contribution in [0.1, 0.15) is 50.5 Å². The van der Waals surface area contributed by atoms with E-state index in [1.165, 1.54) is 32.8 Å². The number of aryl methyl sites for hydroxylation is 1. The molecule has 1 N–H and O–H groups in total. The molecular weight excluding hydrogens is 364 g/mol. The Kier molecular flexibility index (Phi) is 6.13. The minimum atomic E-state index is -0.190. The second-order valence-electron chi connectivity index (χ2n) is 7.81. The zero-order chi connectivity index (χ0) is 20.1. The minimum Gasteiger partial charge on any atom is -0.490 e. The molecule has 1 aliphatic carbocycles. The highest BCUT2D eigenvalue weighted by atomic mass is 16.5. The van der Waals surface area contributed by atoms with Gasteiger partial charge in [-0.25, -0.2) is 0 Å². The number of ether oxygens (including phenoxy) is 2. The lowest BCUT2D eigenvalue weighted by Gasteiger charge is -2.20. The first kappa shape index (κ1) is 19.5. The number of methoxy groups -OCH3 is 1. The lowest BCUT2D eigenvalue weighted by Crippen LogP contribution is -2.15. The van der Waals surface area contributed by atoms with E-state index >= 15 is 0 Å². The van der Waals surface area contributed by atoms with Crippen molar-refractivity contribution in [1.82, 2.24) is 10.2 Å². The molecule has 5 nitrogen and oxygen atoms in total. The van der Waals surface area contributed by atoms with Gasteiger partial charge in [-0.3, -0.25) is 9.89 Å². The van der Waals surface area contributed by atoms with E-state index in [0.717, 1.165) is 46.2 Å². The molecule has 29 heavy (non-hydrogen) atoms. The molecule has 0 atom stereocenters. The van der Waals surface area contributed by atoms with Gasteiger partial charge in [0.05, 0.1) is 24.9 Å². The summed E-state index contributed by atoms with van der Waals surface area (Å²) in [6, 6.07) is 12.6. The number of fused-ring (bicyclic) bond motifs is 1. The quantitative estimate of drug-likeness (QED) is 0.448. The van der Waals surface area contributed by atoms with Crippen LogP contribution >= 0.6 is 0 Å². The molecule has 1 aliphatic rings. The van der Waals surface area contributed by atoms with Crippen molar-refractivity contribution < 1.29 is 14.3 Å². The Labute approximate surface area is 171 Å². The zero-order valence-corrected chi connectivity index (χ0v) is 16.9. The van der Waals surface area contributed by atoms with Gasteiger partial charge in [0, 0.05) is 17.4 Å². The van der Waals surface area contributed by atoms with Gasteiger partial charge in [0.15, 0.2) is 0 Å². The fourth-order valence-corrected chi connectivity index (χ4v) is 4.06. The van der Waals surface area contributed by atoms with E-state index in [0.29, 0.717) is 12.8 Å². The number of H-pyrrole nitrogens is 1. The molecule has 4 rings (SSSR count). The highest BCUT2D eigenvalue weighted by Gasteiger charge is 2.17. The standard InChI is InChI=1S/C24H28N2O3/c1-28-24(27)13-9-17-8-12-23(29-20-6-4-2-3-5-7-20)21(14-17)18-10-11-22-19(15-18)16-25-26-22/h8,10-12,14-16,20H,2-7,9,13H2,1H3,(H,25,26). The van der Waals surface area contributed by atoms with Crippen LogP contribution in [0, 0.1) is 0 Å². The number of carbonyl (C=O) groups excluding carboxylic acids is 1. The molecule has 1 heterocycles. The maximum absolute atomic E-state index is 11.6. The number of nitrogens with zero attached hydrogens (tertiary/aromatic N) is 1. The molecule has 1 saturated carbocycles. The normalized spacial score (nSPS) is 15.2. The number of rotatable bonds is 6. The van der Waals surface area contributed by atoms with Gasteiger partial charge in [0.1, 0.15) is 5.75 Å². The largest absolute Gasteiger partial charge is 0.490 e. The van der Waals surface area contributed by atoms with Gasteiger partial charge in [0.2, 0.25) is 0 Å². The van der Waals surface area contributed by atoms with E-state index in [2.05, 4.69) is 40.5 Å². The summed E-state index contributed by atoms with van der Waals surface area (Å²) in [4.78, 5) is 11.6. The van der Waals surface area contributed by atoms with Crippen molar-refractivity contribution >= 4 is 16.9 Å². The van der Waals surface area contributed by atoms with Gasteiger partial charge in [-0.15, -0.1) is 0 Å². The summed E-state index contributed by atoms with van der Waals surface area (Å²) in [5.74, 6) is 0.728. The second kappa shape index (κ2) is 9.12. The van der Waals surface area contributed by atoms with E-state index in [4.69, 9.17) is 9.47 Å². The van der Waals surface area contributed by atoms with E-state index in [1.54, 1.807) is 0 Å². The summed E-state index contributed by atoms with van der Waals surface area (Å²) in [6.45, 7) is 0. The van der Waals surface area contributed by atoms with Crippen LogP contribution in [0.15, 0.2) is 42.6 Å². The average molecular weight is 392 g/mol. The SMILES string of the molecule is COC(=O)CCc1ccc(OC2CCCCCC2)c(-c2ccc3[nH]ncc3c2)c1. The van der Waals surface area contributed by atoms with E-state index in [1.807, 2.05) is 12.3 Å². The second-order valence-corrected chi connectivity index (χ2v) is 7.81. The first-order valence-corrected chi connectivity index (χ1v) is 10.5. The summed E-state index contributed by atoms with van der Waals surface area (Å²) in [7, 11) is 1.43. The van der Waals surface area contributed by atoms with Crippen molar-refractivity contribution in [3.8, 4) is 16.9 Å². The van der Waals surface area contributed by atoms with Crippen molar-refractivity contribution in [2.75, 3.05) is 7.11 Å². The molecule has 3 aromatic rings. The van der Waals surface area contributed by atoms with Crippen LogP contribution in [0.25, 0.3) is 22.0 Å². The zero-order valence-electron chi connectivity index (χ0n) is 16.9. The number of hydrogen-bond donors (Lipinski definition) is 1. The van der Waals surface area contributed by atoms with Crippen molar-refractivity contribution in [2.45, 2.75) is 57.5 Å².